The summed E-state index contributed by atoms with van der Waals surface area (Å²) in [7, 11) is 0. The molecule has 0 radical (unpaired) electrons. The number of nitrogens with one attached hydrogen (secondary N) is 1. The average Bonchev–Trinajstić information content (AvgIpc) is 2.70. The molecule has 7 heteroatoms. The molecule has 0 bridgehead atoms. The van der Waals surface area contributed by atoms with Crippen molar-refractivity contribution in [1.82, 2.24) is 5.32 Å². The molecule has 0 aliphatic heterocycles. The van der Waals surface area contributed by atoms with Gasteiger partial charge in [-0.1, -0.05) is 60.7 Å². The molecule has 0 aliphatic rings. The normalized spacial score (nSPS) is 13.7. The number of amides is 1. The number of carbonyl (C=O) groups excluding carboxylic acids is 1. The van der Waals surface area contributed by atoms with E-state index in [9.17, 15) is 23.1 Å². The Labute approximate surface area is 159 Å². The summed E-state index contributed by atoms with van der Waals surface area (Å²) < 4.78 is 45.6. The van der Waals surface area contributed by atoms with E-state index in [1.807, 2.05) is 30.3 Å². The Kier molecular flexibility index (Phi) is 5.56. The van der Waals surface area contributed by atoms with Gasteiger partial charge in [0.2, 0.25) is 5.60 Å². The first-order valence-corrected chi connectivity index (χ1v) is 8.52. The Morgan fingerprint density at radius 2 is 1.57 bits per heavy atom. The van der Waals surface area contributed by atoms with Crippen LogP contribution in [0.15, 0.2) is 72.8 Å². The number of rotatable bonds is 6. The Hall–Kier alpha value is -3.06. The number of hydrogen-bond acceptors (Lipinski definition) is 3. The van der Waals surface area contributed by atoms with Crippen LogP contribution in [0.4, 0.5) is 13.2 Å². The van der Waals surface area contributed by atoms with Crippen molar-refractivity contribution in [3.05, 3.63) is 78.4 Å². The summed E-state index contributed by atoms with van der Waals surface area (Å²) in [5.74, 6) is -0.352. The zero-order valence-corrected chi connectivity index (χ0v) is 14.7. The van der Waals surface area contributed by atoms with Gasteiger partial charge in [0, 0.05) is 0 Å². The number of benzene rings is 3. The van der Waals surface area contributed by atoms with E-state index in [0.717, 1.165) is 22.9 Å². The number of ether oxygens (including phenoxy) is 1. The molecular formula is C21H18F3NO3. The first-order chi connectivity index (χ1) is 13.3. The second-order valence-electron chi connectivity index (χ2n) is 6.30. The predicted octanol–water partition coefficient (Wildman–Crippen LogP) is 3.78. The van der Waals surface area contributed by atoms with Crippen molar-refractivity contribution in [2.24, 2.45) is 0 Å². The van der Waals surface area contributed by atoms with Gasteiger partial charge in [-0.05, 0) is 28.5 Å². The van der Waals surface area contributed by atoms with Crippen LogP contribution in [-0.2, 0) is 10.4 Å². The molecular weight excluding hydrogens is 371 g/mol. The molecule has 4 nitrogen and oxygen atoms in total. The van der Waals surface area contributed by atoms with Gasteiger partial charge >= 0.3 is 6.18 Å². The average molecular weight is 389 g/mol. The van der Waals surface area contributed by atoms with Crippen molar-refractivity contribution in [2.45, 2.75) is 11.8 Å². The molecule has 3 rings (SSSR count). The summed E-state index contributed by atoms with van der Waals surface area (Å²) >= 11 is 0. The Bertz CT molecular complexity index is 960. The van der Waals surface area contributed by atoms with Gasteiger partial charge in [-0.15, -0.1) is 0 Å². The Balaban J connectivity index is 1.63. The van der Waals surface area contributed by atoms with Crippen LogP contribution in [0.5, 0.6) is 5.75 Å². The van der Waals surface area contributed by atoms with E-state index in [2.05, 4.69) is 5.32 Å². The van der Waals surface area contributed by atoms with Gasteiger partial charge in [-0.3, -0.25) is 4.79 Å². The highest BCUT2D eigenvalue weighted by Crippen LogP contribution is 2.38. The van der Waals surface area contributed by atoms with Gasteiger partial charge in [0.1, 0.15) is 5.75 Å². The molecule has 0 spiro atoms. The van der Waals surface area contributed by atoms with E-state index in [1.54, 1.807) is 12.1 Å². The summed E-state index contributed by atoms with van der Waals surface area (Å²) in [5, 5.41) is 14.2. The molecule has 0 heterocycles. The van der Waals surface area contributed by atoms with Crippen LogP contribution in [-0.4, -0.2) is 30.3 Å². The fourth-order valence-electron chi connectivity index (χ4n) is 2.76. The first-order valence-electron chi connectivity index (χ1n) is 8.52. The van der Waals surface area contributed by atoms with Gasteiger partial charge in [0.05, 0.1) is 6.54 Å². The van der Waals surface area contributed by atoms with Crippen LogP contribution in [0.2, 0.25) is 0 Å². The molecule has 0 saturated heterocycles. The highest BCUT2D eigenvalue weighted by molar-refractivity contribution is 5.84. The topological polar surface area (TPSA) is 58.6 Å². The molecule has 3 aromatic carbocycles. The van der Waals surface area contributed by atoms with Gasteiger partial charge in [-0.25, -0.2) is 0 Å². The summed E-state index contributed by atoms with van der Waals surface area (Å²) in [6.07, 6.45) is -4.96. The quantitative estimate of drug-likeness (QED) is 0.675. The standard InChI is InChI=1S/C21H18F3NO3/c22-21(23,24)20(27,17-8-2-1-3-9-17)14-25-19(26)13-28-18-11-10-15-6-4-5-7-16(15)12-18/h1-12,27H,13-14H2,(H,25,26). The zero-order valence-electron chi connectivity index (χ0n) is 14.7. The smallest absolute Gasteiger partial charge is 0.423 e. The van der Waals surface area contributed by atoms with Crippen molar-refractivity contribution < 1.29 is 27.8 Å². The van der Waals surface area contributed by atoms with Gasteiger partial charge in [0.15, 0.2) is 6.61 Å². The van der Waals surface area contributed by atoms with E-state index >= 15 is 0 Å². The highest BCUT2D eigenvalue weighted by atomic mass is 19.4. The predicted molar refractivity (Wildman–Crippen MR) is 98.8 cm³/mol. The molecule has 1 amide bonds. The lowest BCUT2D eigenvalue weighted by atomic mass is 9.93. The third-order valence-corrected chi connectivity index (χ3v) is 4.35. The van der Waals surface area contributed by atoms with Gasteiger partial charge < -0.3 is 15.2 Å². The number of halogens is 3. The number of fused-ring (bicyclic) bond motifs is 1. The lowest BCUT2D eigenvalue weighted by molar-refractivity contribution is -0.264. The maximum atomic E-state index is 13.4. The van der Waals surface area contributed by atoms with Crippen molar-refractivity contribution in [3.8, 4) is 5.75 Å². The van der Waals surface area contributed by atoms with Crippen LogP contribution in [0.3, 0.4) is 0 Å². The van der Waals surface area contributed by atoms with Crippen LogP contribution in [0, 0.1) is 0 Å². The third-order valence-electron chi connectivity index (χ3n) is 4.35. The summed E-state index contributed by atoms with van der Waals surface area (Å²) in [4.78, 5) is 12.0. The monoisotopic (exact) mass is 389 g/mol. The largest absolute Gasteiger partial charge is 0.484 e. The van der Waals surface area contributed by atoms with E-state index in [1.165, 1.54) is 18.2 Å². The second-order valence-corrected chi connectivity index (χ2v) is 6.30. The fraction of sp³-hybridized carbons (Fsp3) is 0.190. The van der Waals surface area contributed by atoms with Gasteiger partial charge in [0.25, 0.3) is 5.91 Å². The summed E-state index contributed by atoms with van der Waals surface area (Å²) in [6.45, 7) is -1.48. The van der Waals surface area contributed by atoms with E-state index in [0.29, 0.717) is 5.75 Å². The fourth-order valence-corrected chi connectivity index (χ4v) is 2.76. The van der Waals surface area contributed by atoms with Gasteiger partial charge in [-0.2, -0.15) is 13.2 Å². The third kappa shape index (κ3) is 4.26. The number of alkyl halides is 3. The van der Waals surface area contributed by atoms with Crippen LogP contribution in [0.1, 0.15) is 5.56 Å². The van der Waals surface area contributed by atoms with Crippen molar-refractivity contribution >= 4 is 16.7 Å². The van der Waals surface area contributed by atoms with E-state index < -0.39 is 30.8 Å². The molecule has 146 valence electrons. The molecule has 1 atom stereocenters. The molecule has 0 aliphatic carbocycles. The zero-order chi connectivity index (χ0) is 20.2. The number of aliphatic hydroxyl groups is 1. The second kappa shape index (κ2) is 7.90. The molecule has 0 fully saturated rings. The minimum atomic E-state index is -4.96. The van der Waals surface area contributed by atoms with Crippen LogP contribution in [0.25, 0.3) is 10.8 Å². The Morgan fingerprint density at radius 1 is 0.929 bits per heavy atom. The molecule has 28 heavy (non-hydrogen) atoms. The number of carbonyl (C=O) groups is 1. The van der Waals surface area contributed by atoms with Crippen molar-refractivity contribution in [3.63, 3.8) is 0 Å². The van der Waals surface area contributed by atoms with Crippen LogP contribution >= 0.6 is 0 Å². The van der Waals surface area contributed by atoms with Crippen molar-refractivity contribution in [1.29, 1.82) is 0 Å². The molecule has 0 aromatic heterocycles. The minimum absolute atomic E-state index is 0.349. The summed E-state index contributed by atoms with van der Waals surface area (Å²) in [6, 6.07) is 19.4. The first kappa shape index (κ1) is 19.7. The molecule has 0 saturated carbocycles. The lowest BCUT2D eigenvalue weighted by Crippen LogP contribution is -2.51. The van der Waals surface area contributed by atoms with Crippen LogP contribution < -0.4 is 10.1 Å². The molecule has 3 aromatic rings. The lowest BCUT2D eigenvalue weighted by Gasteiger charge is -2.31. The van der Waals surface area contributed by atoms with Crippen molar-refractivity contribution in [2.75, 3.05) is 13.2 Å². The highest BCUT2D eigenvalue weighted by Gasteiger charge is 2.55. The Morgan fingerprint density at radius 3 is 2.25 bits per heavy atom. The van der Waals surface area contributed by atoms with E-state index in [-0.39, 0.29) is 5.56 Å². The minimum Gasteiger partial charge on any atom is -0.484 e. The SMILES string of the molecule is O=C(COc1ccc2ccccc2c1)NCC(O)(c1ccccc1)C(F)(F)F. The maximum absolute atomic E-state index is 13.4. The number of hydrogen-bond donors (Lipinski definition) is 2. The van der Waals surface area contributed by atoms with E-state index in [4.69, 9.17) is 4.74 Å². The maximum Gasteiger partial charge on any atom is 0.423 e. The molecule has 2 N–H and O–H groups in total. The summed E-state index contributed by atoms with van der Waals surface area (Å²) in [5.41, 5.74) is -3.54. The molecule has 1 unspecified atom stereocenters.